The van der Waals surface area contributed by atoms with Gasteiger partial charge in [0.25, 0.3) is 0 Å². The van der Waals surface area contributed by atoms with E-state index >= 15 is 0 Å². The third kappa shape index (κ3) is 3.27. The van der Waals surface area contributed by atoms with Crippen LogP contribution in [-0.2, 0) is 4.79 Å². The van der Waals surface area contributed by atoms with Crippen LogP contribution in [0.25, 0.3) is 0 Å². The van der Waals surface area contributed by atoms with Crippen molar-refractivity contribution in [2.24, 2.45) is 0 Å². The number of likely N-dealkylation sites (N-methyl/N-ethyl adjacent to an activating group) is 1. The summed E-state index contributed by atoms with van der Waals surface area (Å²) in [5.74, 6) is -0.699. The molecule has 1 fully saturated rings. The fraction of sp³-hybridized carbons (Fsp3) is 0.900. The molecule has 1 unspecified atom stereocenters. The molecule has 1 atom stereocenters. The van der Waals surface area contributed by atoms with Crippen LogP contribution in [0.5, 0.6) is 0 Å². The average Bonchev–Trinajstić information content (AvgIpc) is 2.15. The Morgan fingerprint density at radius 2 is 2.21 bits per heavy atom. The van der Waals surface area contributed by atoms with Gasteiger partial charge in [0.15, 0.2) is 0 Å². The first-order chi connectivity index (χ1) is 6.63. The van der Waals surface area contributed by atoms with Crippen molar-refractivity contribution in [3.63, 3.8) is 0 Å². The Hall–Kier alpha value is -0.610. The Balaban J connectivity index is 2.30. The average molecular weight is 200 g/mol. The number of carbonyl (C=O) groups is 1. The second-order valence-electron chi connectivity index (χ2n) is 3.92. The van der Waals surface area contributed by atoms with E-state index in [1.807, 2.05) is 0 Å². The van der Waals surface area contributed by atoms with Crippen LogP contribution < -0.4 is 0 Å². The van der Waals surface area contributed by atoms with Crippen LogP contribution in [0.4, 0.5) is 0 Å². The van der Waals surface area contributed by atoms with E-state index < -0.39 is 5.97 Å². The van der Waals surface area contributed by atoms with Crippen molar-refractivity contribution in [3.8, 4) is 0 Å². The maximum Gasteiger partial charge on any atom is 0.304 e. The Morgan fingerprint density at radius 1 is 1.50 bits per heavy atom. The SMILES string of the molecule is CCN1CCN(CCC(=O)O)C(C)C1. The maximum atomic E-state index is 10.4. The summed E-state index contributed by atoms with van der Waals surface area (Å²) in [6.07, 6.45) is 0.260. The van der Waals surface area contributed by atoms with E-state index in [4.69, 9.17) is 5.11 Å². The molecule has 0 aromatic heterocycles. The second-order valence-corrected chi connectivity index (χ2v) is 3.92. The molecule has 1 saturated heterocycles. The van der Waals surface area contributed by atoms with Gasteiger partial charge in [-0.05, 0) is 13.5 Å². The molecule has 0 spiro atoms. The molecule has 0 radical (unpaired) electrons. The van der Waals surface area contributed by atoms with Crippen LogP contribution in [0, 0.1) is 0 Å². The number of carboxylic acids is 1. The predicted molar refractivity (Wildman–Crippen MR) is 55.4 cm³/mol. The van der Waals surface area contributed by atoms with Gasteiger partial charge in [-0.2, -0.15) is 0 Å². The second kappa shape index (κ2) is 5.32. The van der Waals surface area contributed by atoms with Gasteiger partial charge >= 0.3 is 5.97 Å². The smallest absolute Gasteiger partial charge is 0.304 e. The minimum Gasteiger partial charge on any atom is -0.481 e. The van der Waals surface area contributed by atoms with E-state index in [1.165, 1.54) is 0 Å². The lowest BCUT2D eigenvalue weighted by atomic mass is 10.2. The summed E-state index contributed by atoms with van der Waals surface area (Å²) in [7, 11) is 0. The van der Waals surface area contributed by atoms with Crippen molar-refractivity contribution in [3.05, 3.63) is 0 Å². The van der Waals surface area contributed by atoms with Gasteiger partial charge in [-0.1, -0.05) is 6.92 Å². The summed E-state index contributed by atoms with van der Waals surface area (Å²) in [6, 6.07) is 0.489. The molecular weight excluding hydrogens is 180 g/mol. The number of aliphatic carboxylic acids is 1. The third-order valence-electron chi connectivity index (χ3n) is 2.91. The topological polar surface area (TPSA) is 43.8 Å². The standard InChI is InChI=1S/C10H20N2O2/c1-3-11-6-7-12(9(2)8-11)5-4-10(13)14/h9H,3-8H2,1-2H3,(H,13,14). The van der Waals surface area contributed by atoms with Gasteiger partial charge < -0.3 is 10.0 Å². The Morgan fingerprint density at radius 3 is 2.71 bits per heavy atom. The first-order valence-corrected chi connectivity index (χ1v) is 5.31. The van der Waals surface area contributed by atoms with Gasteiger partial charge in [-0.25, -0.2) is 0 Å². The Kier molecular flexibility index (Phi) is 4.35. The summed E-state index contributed by atoms with van der Waals surface area (Å²) in [6.45, 7) is 9.26. The minimum atomic E-state index is -0.699. The van der Waals surface area contributed by atoms with Crippen LogP contribution in [0.1, 0.15) is 20.3 Å². The van der Waals surface area contributed by atoms with E-state index in [1.54, 1.807) is 0 Å². The molecule has 4 nitrogen and oxygen atoms in total. The van der Waals surface area contributed by atoms with Crippen molar-refractivity contribution in [2.75, 3.05) is 32.7 Å². The van der Waals surface area contributed by atoms with E-state index in [0.29, 0.717) is 12.6 Å². The molecule has 14 heavy (non-hydrogen) atoms. The zero-order valence-corrected chi connectivity index (χ0v) is 9.07. The highest BCUT2D eigenvalue weighted by atomic mass is 16.4. The predicted octanol–water partition coefficient (Wildman–Crippen LogP) is 0.487. The molecule has 0 aliphatic carbocycles. The zero-order chi connectivity index (χ0) is 10.6. The van der Waals surface area contributed by atoms with E-state index in [9.17, 15) is 4.79 Å². The molecular formula is C10H20N2O2. The van der Waals surface area contributed by atoms with Crippen LogP contribution in [0.2, 0.25) is 0 Å². The molecule has 0 aromatic rings. The molecule has 82 valence electrons. The highest BCUT2D eigenvalue weighted by Gasteiger charge is 2.22. The first-order valence-electron chi connectivity index (χ1n) is 5.31. The minimum absolute atomic E-state index is 0.260. The fourth-order valence-electron chi connectivity index (χ4n) is 1.93. The molecule has 1 aliphatic heterocycles. The van der Waals surface area contributed by atoms with E-state index in [-0.39, 0.29) is 6.42 Å². The number of hydrogen-bond acceptors (Lipinski definition) is 3. The molecule has 1 N–H and O–H groups in total. The van der Waals surface area contributed by atoms with Crippen LogP contribution in [0.15, 0.2) is 0 Å². The number of piperazine rings is 1. The lowest BCUT2D eigenvalue weighted by Gasteiger charge is -2.39. The van der Waals surface area contributed by atoms with Crippen LogP contribution >= 0.6 is 0 Å². The molecule has 0 bridgehead atoms. The number of nitrogens with zero attached hydrogens (tertiary/aromatic N) is 2. The van der Waals surface area contributed by atoms with Crippen molar-refractivity contribution < 1.29 is 9.90 Å². The highest BCUT2D eigenvalue weighted by molar-refractivity contribution is 5.66. The van der Waals surface area contributed by atoms with Crippen molar-refractivity contribution in [2.45, 2.75) is 26.3 Å². The summed E-state index contributed by atoms with van der Waals surface area (Å²) >= 11 is 0. The molecule has 1 aliphatic rings. The molecule has 4 heteroatoms. The monoisotopic (exact) mass is 200 g/mol. The maximum absolute atomic E-state index is 10.4. The Labute approximate surface area is 85.5 Å². The van der Waals surface area contributed by atoms with Crippen LogP contribution in [-0.4, -0.2) is 59.6 Å². The lowest BCUT2D eigenvalue weighted by molar-refractivity contribution is -0.137. The third-order valence-corrected chi connectivity index (χ3v) is 2.91. The summed E-state index contributed by atoms with van der Waals surface area (Å²) in [4.78, 5) is 15.1. The highest BCUT2D eigenvalue weighted by Crippen LogP contribution is 2.09. The van der Waals surface area contributed by atoms with Gasteiger partial charge in [0.1, 0.15) is 0 Å². The summed E-state index contributed by atoms with van der Waals surface area (Å²) < 4.78 is 0. The van der Waals surface area contributed by atoms with Crippen molar-refractivity contribution in [1.29, 1.82) is 0 Å². The van der Waals surface area contributed by atoms with Gasteiger partial charge in [0.2, 0.25) is 0 Å². The van der Waals surface area contributed by atoms with Gasteiger partial charge in [-0.3, -0.25) is 9.69 Å². The molecule has 1 heterocycles. The Bertz CT molecular complexity index is 197. The normalized spacial score (nSPS) is 25.1. The van der Waals surface area contributed by atoms with Crippen LogP contribution in [0.3, 0.4) is 0 Å². The quantitative estimate of drug-likeness (QED) is 0.717. The number of carboxylic acid groups (broad SMARTS) is 1. The summed E-state index contributed by atoms with van der Waals surface area (Å²) in [5.41, 5.74) is 0. The number of rotatable bonds is 4. The van der Waals surface area contributed by atoms with Gasteiger partial charge in [-0.15, -0.1) is 0 Å². The number of hydrogen-bond donors (Lipinski definition) is 1. The van der Waals surface area contributed by atoms with E-state index in [2.05, 4.69) is 23.6 Å². The van der Waals surface area contributed by atoms with Crippen molar-refractivity contribution >= 4 is 5.97 Å². The van der Waals surface area contributed by atoms with Crippen molar-refractivity contribution in [1.82, 2.24) is 9.80 Å². The van der Waals surface area contributed by atoms with Gasteiger partial charge in [0, 0.05) is 32.2 Å². The zero-order valence-electron chi connectivity index (χ0n) is 9.07. The first kappa shape index (κ1) is 11.5. The molecule has 0 aromatic carbocycles. The summed E-state index contributed by atoms with van der Waals surface area (Å²) in [5, 5.41) is 8.59. The largest absolute Gasteiger partial charge is 0.481 e. The van der Waals surface area contributed by atoms with Gasteiger partial charge in [0.05, 0.1) is 6.42 Å². The molecule has 1 rings (SSSR count). The molecule has 0 saturated carbocycles. The fourth-order valence-corrected chi connectivity index (χ4v) is 1.93. The van der Waals surface area contributed by atoms with E-state index in [0.717, 1.165) is 26.2 Å². The molecule has 0 amide bonds. The lowest BCUT2D eigenvalue weighted by Crippen LogP contribution is -2.52.